The van der Waals surface area contributed by atoms with Crippen molar-refractivity contribution >= 4 is 21.6 Å². The van der Waals surface area contributed by atoms with Crippen molar-refractivity contribution < 1.29 is 4.74 Å². The van der Waals surface area contributed by atoms with Gasteiger partial charge in [0.2, 0.25) is 0 Å². The van der Waals surface area contributed by atoms with E-state index >= 15 is 0 Å². The fourth-order valence-electron chi connectivity index (χ4n) is 2.55. The molecule has 1 saturated heterocycles. The van der Waals surface area contributed by atoms with Gasteiger partial charge >= 0.3 is 0 Å². The zero-order chi connectivity index (χ0) is 13.7. The summed E-state index contributed by atoms with van der Waals surface area (Å²) in [6.07, 6.45) is 1.12. The van der Waals surface area contributed by atoms with Gasteiger partial charge in [0.15, 0.2) is 0 Å². The van der Waals surface area contributed by atoms with E-state index in [0.717, 1.165) is 43.7 Å². The smallest absolute Gasteiger partial charge is 0.0670 e. The van der Waals surface area contributed by atoms with Crippen LogP contribution in [0.4, 0.5) is 5.69 Å². The summed E-state index contributed by atoms with van der Waals surface area (Å²) in [6, 6.07) is 7.08. The number of hydrogen-bond acceptors (Lipinski definition) is 3. The largest absolute Gasteiger partial charge is 0.377 e. The molecule has 106 valence electrons. The number of rotatable bonds is 5. The minimum absolute atomic E-state index is 0.496. The summed E-state index contributed by atoms with van der Waals surface area (Å²) in [5.74, 6) is 0. The van der Waals surface area contributed by atoms with Gasteiger partial charge in [-0.25, -0.2) is 0 Å². The quantitative estimate of drug-likeness (QED) is 0.899. The number of halogens is 1. The number of nitrogens with one attached hydrogen (secondary N) is 1. The van der Waals surface area contributed by atoms with E-state index in [4.69, 9.17) is 4.74 Å². The molecule has 1 aliphatic heterocycles. The highest BCUT2D eigenvalue weighted by Crippen LogP contribution is 2.28. The van der Waals surface area contributed by atoms with Crippen molar-refractivity contribution in [1.82, 2.24) is 5.32 Å². The molecule has 0 spiro atoms. The van der Waals surface area contributed by atoms with Gasteiger partial charge in [-0.3, -0.25) is 0 Å². The summed E-state index contributed by atoms with van der Waals surface area (Å²) in [6.45, 7) is 8.93. The van der Waals surface area contributed by atoms with Crippen LogP contribution in [0, 0.1) is 0 Å². The highest BCUT2D eigenvalue weighted by atomic mass is 79.9. The number of anilines is 1. The van der Waals surface area contributed by atoms with Gasteiger partial charge < -0.3 is 15.0 Å². The van der Waals surface area contributed by atoms with Crippen molar-refractivity contribution in [2.24, 2.45) is 0 Å². The Hall–Kier alpha value is -0.580. The third-order valence-electron chi connectivity index (χ3n) is 3.62. The van der Waals surface area contributed by atoms with Gasteiger partial charge in [0.1, 0.15) is 0 Å². The normalized spacial score (nSPS) is 19.7. The van der Waals surface area contributed by atoms with Crippen LogP contribution in [0.2, 0.25) is 0 Å². The number of hydrogen-bond donors (Lipinski definition) is 1. The molecule has 1 unspecified atom stereocenters. The summed E-state index contributed by atoms with van der Waals surface area (Å²) in [4.78, 5) is 2.50. The fraction of sp³-hybridized carbons (Fsp3) is 0.600. The second-order valence-corrected chi connectivity index (χ2v) is 5.80. The molecule has 1 atom stereocenters. The molecule has 1 aromatic rings. The van der Waals surface area contributed by atoms with Crippen LogP contribution in [0.15, 0.2) is 22.7 Å². The van der Waals surface area contributed by atoms with Gasteiger partial charge in [-0.15, -0.1) is 0 Å². The standard InChI is InChI=1S/C15H23BrN2O/c1-3-14-11-19-8-7-18(14)15-6-5-13(16)9-12(15)10-17-4-2/h5-6,9,14,17H,3-4,7-8,10-11H2,1-2H3. The van der Waals surface area contributed by atoms with Gasteiger partial charge in [0.25, 0.3) is 0 Å². The van der Waals surface area contributed by atoms with Gasteiger partial charge in [-0.2, -0.15) is 0 Å². The van der Waals surface area contributed by atoms with Gasteiger partial charge in [0.05, 0.1) is 19.3 Å². The average Bonchev–Trinajstić information content (AvgIpc) is 2.45. The maximum Gasteiger partial charge on any atom is 0.0670 e. The zero-order valence-corrected chi connectivity index (χ0v) is 13.4. The van der Waals surface area contributed by atoms with Gasteiger partial charge in [0, 0.05) is 23.2 Å². The van der Waals surface area contributed by atoms with Crippen molar-refractivity contribution in [3.05, 3.63) is 28.2 Å². The second-order valence-electron chi connectivity index (χ2n) is 4.88. The molecule has 1 fully saturated rings. The average molecular weight is 327 g/mol. The van der Waals surface area contributed by atoms with Crippen molar-refractivity contribution in [2.75, 3.05) is 31.2 Å². The number of morpholine rings is 1. The molecule has 19 heavy (non-hydrogen) atoms. The Kier molecular flexibility index (Phi) is 5.67. The minimum atomic E-state index is 0.496. The molecule has 0 bridgehead atoms. The highest BCUT2D eigenvalue weighted by Gasteiger charge is 2.23. The first-order chi connectivity index (χ1) is 9.26. The van der Waals surface area contributed by atoms with Crippen LogP contribution in [0.3, 0.4) is 0 Å². The number of benzene rings is 1. The first-order valence-corrected chi connectivity index (χ1v) is 7.89. The molecule has 0 radical (unpaired) electrons. The molecule has 1 heterocycles. The third kappa shape index (κ3) is 3.71. The summed E-state index contributed by atoms with van der Waals surface area (Å²) in [5, 5.41) is 3.43. The molecular weight excluding hydrogens is 304 g/mol. The minimum Gasteiger partial charge on any atom is -0.377 e. The number of nitrogens with zero attached hydrogens (tertiary/aromatic N) is 1. The van der Waals surface area contributed by atoms with Crippen LogP contribution in [0.25, 0.3) is 0 Å². The summed E-state index contributed by atoms with van der Waals surface area (Å²) >= 11 is 3.57. The van der Waals surface area contributed by atoms with Crippen LogP contribution >= 0.6 is 15.9 Å². The van der Waals surface area contributed by atoms with E-state index in [9.17, 15) is 0 Å². The Labute approximate surface area is 124 Å². The van der Waals surface area contributed by atoms with Gasteiger partial charge in [-0.1, -0.05) is 29.8 Å². The summed E-state index contributed by atoms with van der Waals surface area (Å²) in [7, 11) is 0. The van der Waals surface area contributed by atoms with E-state index < -0.39 is 0 Å². The van der Waals surface area contributed by atoms with Gasteiger partial charge in [-0.05, 0) is 36.7 Å². The summed E-state index contributed by atoms with van der Waals surface area (Å²) < 4.78 is 6.75. The lowest BCUT2D eigenvalue weighted by Gasteiger charge is -2.38. The molecular formula is C15H23BrN2O. The van der Waals surface area contributed by atoms with Crippen LogP contribution in [0.5, 0.6) is 0 Å². The van der Waals surface area contributed by atoms with Crippen molar-refractivity contribution in [2.45, 2.75) is 32.9 Å². The van der Waals surface area contributed by atoms with E-state index in [1.165, 1.54) is 11.3 Å². The maximum atomic E-state index is 5.60. The van der Waals surface area contributed by atoms with Crippen LogP contribution < -0.4 is 10.2 Å². The van der Waals surface area contributed by atoms with E-state index in [1.807, 2.05) is 0 Å². The molecule has 0 aromatic heterocycles. The molecule has 0 aliphatic carbocycles. The van der Waals surface area contributed by atoms with Crippen LogP contribution in [0.1, 0.15) is 25.8 Å². The fourth-order valence-corrected chi connectivity index (χ4v) is 2.95. The Morgan fingerprint density at radius 1 is 1.42 bits per heavy atom. The molecule has 4 heteroatoms. The Bertz CT molecular complexity index is 411. The molecule has 0 amide bonds. The molecule has 1 aliphatic rings. The first-order valence-electron chi connectivity index (χ1n) is 7.09. The maximum absolute atomic E-state index is 5.60. The molecule has 2 rings (SSSR count). The molecule has 0 saturated carbocycles. The predicted molar refractivity (Wildman–Crippen MR) is 83.8 cm³/mol. The topological polar surface area (TPSA) is 24.5 Å². The van der Waals surface area contributed by atoms with Crippen molar-refractivity contribution in [1.29, 1.82) is 0 Å². The van der Waals surface area contributed by atoms with Crippen molar-refractivity contribution in [3.63, 3.8) is 0 Å². The highest BCUT2D eigenvalue weighted by molar-refractivity contribution is 9.10. The molecule has 1 N–H and O–H groups in total. The SMILES string of the molecule is CCNCc1cc(Br)ccc1N1CCOCC1CC. The molecule has 3 nitrogen and oxygen atoms in total. The second kappa shape index (κ2) is 7.27. The summed E-state index contributed by atoms with van der Waals surface area (Å²) in [5.41, 5.74) is 2.70. The Morgan fingerprint density at radius 3 is 3.00 bits per heavy atom. The van der Waals surface area contributed by atoms with E-state index in [-0.39, 0.29) is 0 Å². The van der Waals surface area contributed by atoms with Crippen LogP contribution in [-0.2, 0) is 11.3 Å². The lowest BCUT2D eigenvalue weighted by atomic mass is 10.1. The molecule has 1 aromatic carbocycles. The lowest BCUT2D eigenvalue weighted by Crippen LogP contribution is -2.45. The van der Waals surface area contributed by atoms with E-state index in [2.05, 4.69) is 58.2 Å². The lowest BCUT2D eigenvalue weighted by molar-refractivity contribution is 0.0929. The van der Waals surface area contributed by atoms with Crippen molar-refractivity contribution in [3.8, 4) is 0 Å². The predicted octanol–water partition coefficient (Wildman–Crippen LogP) is 3.17. The first kappa shape index (κ1) is 14.8. The van der Waals surface area contributed by atoms with Crippen LogP contribution in [-0.4, -0.2) is 32.3 Å². The monoisotopic (exact) mass is 326 g/mol. The zero-order valence-electron chi connectivity index (χ0n) is 11.8. The third-order valence-corrected chi connectivity index (χ3v) is 4.11. The van der Waals surface area contributed by atoms with E-state index in [1.54, 1.807) is 0 Å². The Balaban J connectivity index is 2.25. The van der Waals surface area contributed by atoms with E-state index in [0.29, 0.717) is 6.04 Å². The Morgan fingerprint density at radius 2 is 2.26 bits per heavy atom. The number of ether oxygens (including phenoxy) is 1.